The van der Waals surface area contributed by atoms with Crippen LogP contribution >= 0.6 is 0 Å². The average Bonchev–Trinajstić information content (AvgIpc) is 3.34. The summed E-state index contributed by atoms with van der Waals surface area (Å²) in [6.07, 6.45) is 2.31. The topological polar surface area (TPSA) is 126 Å². The van der Waals surface area contributed by atoms with Crippen molar-refractivity contribution >= 4 is 28.9 Å². The van der Waals surface area contributed by atoms with Crippen LogP contribution in [0.25, 0.3) is 5.65 Å². The van der Waals surface area contributed by atoms with E-state index in [4.69, 9.17) is 0 Å². The quantitative estimate of drug-likeness (QED) is 0.418. The third-order valence-electron chi connectivity index (χ3n) is 5.40. The predicted octanol–water partition coefficient (Wildman–Crippen LogP) is 1.71. The van der Waals surface area contributed by atoms with E-state index in [2.05, 4.69) is 26.0 Å². The average molecular weight is 443 g/mol. The highest BCUT2D eigenvalue weighted by Gasteiger charge is 2.39. The Hall–Kier alpha value is -3.47. The number of anilines is 3. The molecule has 3 heterocycles. The van der Waals surface area contributed by atoms with Crippen LogP contribution in [0.4, 0.5) is 21.7 Å². The number of carbonyl (C=O) groups is 1. The van der Waals surface area contributed by atoms with Crippen LogP contribution in [0, 0.1) is 5.41 Å². The van der Waals surface area contributed by atoms with Crippen LogP contribution in [0.5, 0.6) is 0 Å². The van der Waals surface area contributed by atoms with Crippen molar-refractivity contribution in [2.45, 2.75) is 32.5 Å². The van der Waals surface area contributed by atoms with E-state index < -0.39 is 17.6 Å². The smallest absolute Gasteiger partial charge is 0.274 e. The van der Waals surface area contributed by atoms with Gasteiger partial charge in [-0.1, -0.05) is 13.8 Å². The zero-order valence-electron chi connectivity index (χ0n) is 18.1. The minimum Gasteiger partial charge on any atom is -0.396 e. The van der Waals surface area contributed by atoms with Crippen LogP contribution < -0.4 is 21.5 Å². The first-order chi connectivity index (χ1) is 15.2. The van der Waals surface area contributed by atoms with Crippen LogP contribution in [0.2, 0.25) is 0 Å². The summed E-state index contributed by atoms with van der Waals surface area (Å²) in [5, 5.41) is 22.4. The second kappa shape index (κ2) is 8.23. The first kappa shape index (κ1) is 21.8. The highest BCUT2D eigenvalue weighted by atomic mass is 19.1. The maximum atomic E-state index is 13.5. The minimum atomic E-state index is -1.00. The summed E-state index contributed by atoms with van der Waals surface area (Å²) in [4.78, 5) is 30.0. The summed E-state index contributed by atoms with van der Waals surface area (Å²) in [6.45, 7) is 3.87. The van der Waals surface area contributed by atoms with Gasteiger partial charge in [0.2, 0.25) is 0 Å². The third-order valence-corrected chi connectivity index (χ3v) is 5.40. The zero-order valence-corrected chi connectivity index (χ0v) is 18.1. The number of pyridine rings is 1. The first-order valence-electron chi connectivity index (χ1n) is 10.3. The third kappa shape index (κ3) is 4.15. The Bertz CT molecular complexity index is 1220. The number of aromatic nitrogens is 4. The Morgan fingerprint density at radius 1 is 1.41 bits per heavy atom. The number of alkyl halides is 1. The predicted molar refractivity (Wildman–Crippen MR) is 118 cm³/mol. The number of aliphatic hydroxyl groups is 1. The van der Waals surface area contributed by atoms with Crippen molar-refractivity contribution in [2.24, 2.45) is 5.41 Å². The molecule has 1 aliphatic rings. The van der Waals surface area contributed by atoms with Crippen molar-refractivity contribution in [2.75, 3.05) is 30.8 Å². The van der Waals surface area contributed by atoms with Gasteiger partial charge in [-0.25, -0.2) is 9.37 Å². The molecule has 0 saturated heterocycles. The van der Waals surface area contributed by atoms with Gasteiger partial charge in [-0.15, -0.1) is 0 Å². The number of halogens is 1. The summed E-state index contributed by atoms with van der Waals surface area (Å²) in [5.74, 6) is 0.502. The van der Waals surface area contributed by atoms with E-state index in [1.165, 1.54) is 15.3 Å². The van der Waals surface area contributed by atoms with Crippen molar-refractivity contribution < 1.29 is 14.3 Å². The number of hydrogen-bond acceptors (Lipinski definition) is 7. The van der Waals surface area contributed by atoms with Crippen LogP contribution in [0.15, 0.2) is 35.4 Å². The van der Waals surface area contributed by atoms with Gasteiger partial charge in [0.25, 0.3) is 11.5 Å². The SMILES string of the molecule is CNc1cc(Nc2cccn([C@H]3CC3F)c2=O)nc2c(C(=O)NCC(C)(C)CO)cnn12. The van der Waals surface area contributed by atoms with E-state index in [1.807, 2.05) is 13.8 Å². The number of carbonyl (C=O) groups excluding carboxylic acids is 1. The molecular weight excluding hydrogens is 417 g/mol. The Kier molecular flexibility index (Phi) is 5.59. The molecule has 0 spiro atoms. The number of nitrogens with one attached hydrogen (secondary N) is 3. The molecule has 0 bridgehead atoms. The highest BCUT2D eigenvalue weighted by Crippen LogP contribution is 2.37. The molecule has 0 aliphatic heterocycles. The fourth-order valence-corrected chi connectivity index (χ4v) is 3.28. The fraction of sp³-hybridized carbons (Fsp3) is 0.429. The Labute approximate surface area is 183 Å². The van der Waals surface area contributed by atoms with Crippen LogP contribution in [-0.4, -0.2) is 56.5 Å². The second-order valence-corrected chi connectivity index (χ2v) is 8.65. The van der Waals surface area contributed by atoms with E-state index >= 15 is 0 Å². The summed E-state index contributed by atoms with van der Waals surface area (Å²) in [7, 11) is 1.70. The fourth-order valence-electron chi connectivity index (χ4n) is 3.28. The molecule has 1 saturated carbocycles. The molecule has 3 aromatic heterocycles. The molecule has 4 rings (SSSR count). The van der Waals surface area contributed by atoms with Gasteiger partial charge in [-0.05, 0) is 12.1 Å². The molecule has 32 heavy (non-hydrogen) atoms. The largest absolute Gasteiger partial charge is 0.396 e. The van der Waals surface area contributed by atoms with Gasteiger partial charge in [-0.3, -0.25) is 9.59 Å². The van der Waals surface area contributed by atoms with Gasteiger partial charge in [-0.2, -0.15) is 9.61 Å². The molecule has 10 nitrogen and oxygen atoms in total. The molecule has 2 atom stereocenters. The van der Waals surface area contributed by atoms with Crippen molar-refractivity contribution in [1.29, 1.82) is 0 Å². The van der Waals surface area contributed by atoms with Crippen molar-refractivity contribution in [3.63, 3.8) is 0 Å². The number of fused-ring (bicyclic) bond motifs is 1. The maximum Gasteiger partial charge on any atom is 0.274 e. The molecule has 0 aromatic carbocycles. The van der Waals surface area contributed by atoms with Gasteiger partial charge in [0.1, 0.15) is 29.1 Å². The molecule has 4 N–H and O–H groups in total. The molecule has 1 fully saturated rings. The lowest BCUT2D eigenvalue weighted by Crippen LogP contribution is -2.36. The van der Waals surface area contributed by atoms with Gasteiger partial charge < -0.3 is 25.6 Å². The number of hydrogen-bond donors (Lipinski definition) is 4. The lowest BCUT2D eigenvalue weighted by molar-refractivity contribution is 0.0912. The summed E-state index contributed by atoms with van der Waals surface area (Å²) in [6, 6.07) is 4.50. The maximum absolute atomic E-state index is 13.5. The molecule has 170 valence electrons. The van der Waals surface area contributed by atoms with E-state index in [1.54, 1.807) is 31.4 Å². The Morgan fingerprint density at radius 3 is 2.81 bits per heavy atom. The van der Waals surface area contributed by atoms with E-state index in [0.717, 1.165) is 0 Å². The van der Waals surface area contributed by atoms with Gasteiger partial charge in [0.15, 0.2) is 5.65 Å². The molecule has 3 aromatic rings. The van der Waals surface area contributed by atoms with Gasteiger partial charge in [0, 0.05) is 44.3 Å². The summed E-state index contributed by atoms with van der Waals surface area (Å²) < 4.78 is 16.3. The minimum absolute atomic E-state index is 0.0725. The van der Waals surface area contributed by atoms with Crippen molar-refractivity contribution in [1.82, 2.24) is 24.5 Å². The Morgan fingerprint density at radius 2 is 2.16 bits per heavy atom. The van der Waals surface area contributed by atoms with Gasteiger partial charge in [0.05, 0.1) is 12.2 Å². The number of nitrogens with zero attached hydrogens (tertiary/aromatic N) is 4. The molecule has 1 amide bonds. The molecule has 1 aliphatic carbocycles. The van der Waals surface area contributed by atoms with E-state index in [-0.39, 0.29) is 35.9 Å². The number of aliphatic hydroxyl groups excluding tert-OH is 1. The monoisotopic (exact) mass is 443 g/mol. The molecule has 0 radical (unpaired) electrons. The first-order valence-corrected chi connectivity index (χ1v) is 10.3. The van der Waals surface area contributed by atoms with Crippen LogP contribution in [-0.2, 0) is 0 Å². The Balaban J connectivity index is 1.66. The highest BCUT2D eigenvalue weighted by molar-refractivity contribution is 6.00. The van der Waals surface area contributed by atoms with Crippen LogP contribution in [0.1, 0.15) is 36.7 Å². The number of rotatable bonds is 8. The van der Waals surface area contributed by atoms with Crippen LogP contribution in [0.3, 0.4) is 0 Å². The van der Waals surface area contributed by atoms with Crippen molar-refractivity contribution in [3.05, 3.63) is 46.5 Å². The van der Waals surface area contributed by atoms with Gasteiger partial charge >= 0.3 is 0 Å². The van der Waals surface area contributed by atoms with Crippen molar-refractivity contribution in [3.8, 4) is 0 Å². The summed E-state index contributed by atoms with van der Waals surface area (Å²) in [5.41, 5.74) is -0.0187. The standard InChI is InChI=1S/C21H26FN7O3/c1-21(2,11-30)10-24-19(31)12-9-25-29-17(23-3)8-16(27-18(12)29)26-14-5-4-6-28(20(14)32)15-7-13(15)22/h4-6,8-9,13,15,23,30H,7,10-11H2,1-3H3,(H,24,31)(H,26,27)/t13?,15-/m0/s1. The molecule has 1 unspecified atom stereocenters. The number of amides is 1. The lowest BCUT2D eigenvalue weighted by Gasteiger charge is -2.21. The van der Waals surface area contributed by atoms with E-state index in [0.29, 0.717) is 23.7 Å². The summed E-state index contributed by atoms with van der Waals surface area (Å²) >= 11 is 0. The lowest BCUT2D eigenvalue weighted by atomic mass is 9.95. The van der Waals surface area contributed by atoms with E-state index in [9.17, 15) is 19.1 Å². The normalized spacial score (nSPS) is 17.9. The zero-order chi connectivity index (χ0) is 23.0. The molecular formula is C21H26FN7O3. The molecule has 11 heteroatoms. The second-order valence-electron chi connectivity index (χ2n) is 8.65.